The van der Waals surface area contributed by atoms with Crippen LogP contribution in [-0.4, -0.2) is 49.9 Å². The summed E-state index contributed by atoms with van der Waals surface area (Å²) in [6.07, 6.45) is 4.81. The van der Waals surface area contributed by atoms with Crippen molar-refractivity contribution in [2.75, 3.05) is 18.4 Å². The molecule has 1 aliphatic carbocycles. The van der Waals surface area contributed by atoms with E-state index in [4.69, 9.17) is 9.72 Å². The van der Waals surface area contributed by atoms with Gasteiger partial charge in [-0.1, -0.05) is 43.0 Å². The van der Waals surface area contributed by atoms with E-state index in [0.717, 1.165) is 42.6 Å². The second kappa shape index (κ2) is 12.0. The average molecular weight is 592 g/mol. The SMILES string of the molecule is C=C(C)OC(=O)N1CCC(c2ccc(NC3CCc4cccc(-c5cccc(-n6ncc(C(=O)O)c6C)n5)c43)c(C)c2)CC1. The van der Waals surface area contributed by atoms with Crippen LogP contribution in [0.1, 0.15) is 76.5 Å². The summed E-state index contributed by atoms with van der Waals surface area (Å²) in [6.45, 7) is 10.6. The lowest BCUT2D eigenvalue weighted by Gasteiger charge is -2.31. The molecule has 2 aromatic heterocycles. The van der Waals surface area contributed by atoms with E-state index in [1.54, 1.807) is 23.4 Å². The van der Waals surface area contributed by atoms with Crippen molar-refractivity contribution in [1.82, 2.24) is 19.7 Å². The molecule has 0 spiro atoms. The molecule has 1 atom stereocenters. The van der Waals surface area contributed by atoms with Crippen LogP contribution in [0.25, 0.3) is 17.1 Å². The Morgan fingerprint density at radius 1 is 1.05 bits per heavy atom. The van der Waals surface area contributed by atoms with E-state index in [2.05, 4.69) is 60.3 Å². The number of amides is 1. The number of benzene rings is 2. The van der Waals surface area contributed by atoms with Gasteiger partial charge in [0.05, 0.1) is 29.4 Å². The number of carboxylic acids is 1. The lowest BCUT2D eigenvalue weighted by Crippen LogP contribution is -2.38. The van der Waals surface area contributed by atoms with Gasteiger partial charge in [-0.2, -0.15) is 5.10 Å². The number of piperidine rings is 1. The Balaban J connectivity index is 1.20. The Bertz CT molecular complexity index is 1750. The molecular formula is C35H37N5O4. The van der Waals surface area contributed by atoms with Gasteiger partial charge in [0.15, 0.2) is 5.82 Å². The average Bonchev–Trinajstić information content (AvgIpc) is 3.61. The number of pyridine rings is 1. The summed E-state index contributed by atoms with van der Waals surface area (Å²) in [7, 11) is 0. The first-order valence-electron chi connectivity index (χ1n) is 15.1. The minimum absolute atomic E-state index is 0.129. The largest absolute Gasteiger partial charge is 0.478 e. The van der Waals surface area contributed by atoms with Crippen LogP contribution in [0.2, 0.25) is 0 Å². The normalized spacial score (nSPS) is 16.4. The number of rotatable bonds is 7. The molecule has 0 bridgehead atoms. The van der Waals surface area contributed by atoms with Gasteiger partial charge in [-0.3, -0.25) is 0 Å². The molecule has 1 fully saturated rings. The van der Waals surface area contributed by atoms with Crippen molar-refractivity contribution in [3.05, 3.63) is 107 Å². The van der Waals surface area contributed by atoms with Gasteiger partial charge in [0, 0.05) is 24.3 Å². The summed E-state index contributed by atoms with van der Waals surface area (Å²) in [5, 5.41) is 17.6. The first-order valence-corrected chi connectivity index (χ1v) is 15.1. The standard InChI is InChI=1S/C35H37N5O4/c1-21(2)44-35(43)39-17-15-24(16-18-39)26-12-13-29(22(3)19-26)37-31-14-11-25-7-5-8-27(33(25)31)30-9-6-10-32(38-30)40-23(4)28(20-36-40)34(41)42/h5-10,12-13,19-20,24,31,37H,1,11,14-18H2,2-4H3,(H,41,42). The molecule has 1 aliphatic heterocycles. The molecule has 1 saturated heterocycles. The van der Waals surface area contributed by atoms with Crippen LogP contribution in [0.4, 0.5) is 10.5 Å². The van der Waals surface area contributed by atoms with Crippen LogP contribution in [-0.2, 0) is 11.2 Å². The summed E-state index contributed by atoms with van der Waals surface area (Å²) in [5.74, 6) is 0.392. The van der Waals surface area contributed by atoms with Crippen molar-refractivity contribution < 1.29 is 19.4 Å². The minimum Gasteiger partial charge on any atom is -0.478 e. The van der Waals surface area contributed by atoms with Gasteiger partial charge in [-0.05, 0) is 92.8 Å². The number of hydrogen-bond acceptors (Lipinski definition) is 6. The minimum atomic E-state index is -1.01. The van der Waals surface area contributed by atoms with Crippen LogP contribution >= 0.6 is 0 Å². The first kappa shape index (κ1) is 29.2. The number of anilines is 1. The van der Waals surface area contributed by atoms with Gasteiger partial charge in [0.2, 0.25) is 0 Å². The Morgan fingerprint density at radius 3 is 2.52 bits per heavy atom. The Morgan fingerprint density at radius 2 is 1.82 bits per heavy atom. The Labute approximate surface area is 257 Å². The third-order valence-electron chi connectivity index (χ3n) is 8.78. The maximum absolute atomic E-state index is 12.2. The summed E-state index contributed by atoms with van der Waals surface area (Å²) in [4.78, 5) is 30.5. The van der Waals surface area contributed by atoms with E-state index < -0.39 is 5.97 Å². The van der Waals surface area contributed by atoms with Crippen molar-refractivity contribution in [3.8, 4) is 17.1 Å². The van der Waals surface area contributed by atoms with Gasteiger partial charge in [-0.15, -0.1) is 0 Å². The highest BCUT2D eigenvalue weighted by atomic mass is 16.6. The second-order valence-corrected chi connectivity index (χ2v) is 11.8. The van der Waals surface area contributed by atoms with Crippen LogP contribution in [0, 0.1) is 13.8 Å². The Hall–Kier alpha value is -4.92. The van der Waals surface area contributed by atoms with Crippen LogP contribution in [0.15, 0.2) is 73.1 Å². The van der Waals surface area contributed by atoms with E-state index in [1.807, 2.05) is 18.2 Å². The number of nitrogens with one attached hydrogen (secondary N) is 1. The molecular weight excluding hydrogens is 554 g/mol. The fraction of sp³-hybridized carbons (Fsp3) is 0.314. The summed E-state index contributed by atoms with van der Waals surface area (Å²) < 4.78 is 6.76. The van der Waals surface area contributed by atoms with E-state index in [0.29, 0.717) is 36.3 Å². The van der Waals surface area contributed by atoms with Crippen molar-refractivity contribution in [1.29, 1.82) is 0 Å². The highest BCUT2D eigenvalue weighted by molar-refractivity contribution is 5.88. The molecule has 2 aromatic carbocycles. The topological polar surface area (TPSA) is 110 Å². The third kappa shape index (κ3) is 5.69. The number of carbonyl (C=O) groups excluding carboxylic acids is 1. The lowest BCUT2D eigenvalue weighted by molar-refractivity contribution is 0.0696. The second-order valence-electron chi connectivity index (χ2n) is 11.8. The van der Waals surface area contributed by atoms with Crippen molar-refractivity contribution in [2.45, 2.75) is 58.4 Å². The number of nitrogens with zero attached hydrogens (tertiary/aromatic N) is 4. The molecule has 6 rings (SSSR count). The quantitative estimate of drug-likeness (QED) is 0.219. The fourth-order valence-electron chi connectivity index (χ4n) is 6.50. The van der Waals surface area contributed by atoms with E-state index in [-0.39, 0.29) is 17.7 Å². The number of aromatic carboxylic acids is 1. The molecule has 0 saturated carbocycles. The number of carboxylic acid groups (broad SMARTS) is 1. The summed E-state index contributed by atoms with van der Waals surface area (Å²) in [6, 6.07) is 19.0. The number of hydrogen-bond donors (Lipinski definition) is 2. The lowest BCUT2D eigenvalue weighted by atomic mass is 9.88. The van der Waals surface area contributed by atoms with Gasteiger partial charge < -0.3 is 20.1 Å². The molecule has 44 heavy (non-hydrogen) atoms. The fourth-order valence-corrected chi connectivity index (χ4v) is 6.50. The molecule has 2 N–H and O–H groups in total. The van der Waals surface area contributed by atoms with E-state index in [9.17, 15) is 14.7 Å². The molecule has 226 valence electrons. The maximum Gasteiger partial charge on any atom is 0.414 e. The number of allylic oxidation sites excluding steroid dienone is 1. The number of ether oxygens (including phenoxy) is 1. The highest BCUT2D eigenvalue weighted by Gasteiger charge is 2.28. The van der Waals surface area contributed by atoms with Crippen molar-refractivity contribution in [2.24, 2.45) is 0 Å². The maximum atomic E-state index is 12.2. The molecule has 9 nitrogen and oxygen atoms in total. The number of fused-ring (bicyclic) bond motifs is 1. The smallest absolute Gasteiger partial charge is 0.414 e. The van der Waals surface area contributed by atoms with Gasteiger partial charge >= 0.3 is 12.1 Å². The summed E-state index contributed by atoms with van der Waals surface area (Å²) >= 11 is 0. The van der Waals surface area contributed by atoms with Crippen LogP contribution in [0.3, 0.4) is 0 Å². The number of aryl methyl sites for hydroxylation is 2. The van der Waals surface area contributed by atoms with Crippen LogP contribution < -0.4 is 5.32 Å². The molecule has 3 heterocycles. The number of likely N-dealkylation sites (tertiary alicyclic amines) is 1. The number of carbonyl (C=O) groups is 2. The zero-order valence-corrected chi connectivity index (χ0v) is 25.3. The zero-order chi connectivity index (χ0) is 31.0. The van der Waals surface area contributed by atoms with Crippen molar-refractivity contribution in [3.63, 3.8) is 0 Å². The summed E-state index contributed by atoms with van der Waals surface area (Å²) in [5.41, 5.74) is 8.75. The van der Waals surface area contributed by atoms with Gasteiger partial charge in [-0.25, -0.2) is 19.3 Å². The Kier molecular flexibility index (Phi) is 7.95. The predicted molar refractivity (Wildman–Crippen MR) is 169 cm³/mol. The third-order valence-corrected chi connectivity index (χ3v) is 8.78. The first-order chi connectivity index (χ1) is 21.2. The van der Waals surface area contributed by atoms with Gasteiger partial charge in [0.25, 0.3) is 0 Å². The molecule has 1 unspecified atom stereocenters. The molecule has 4 aromatic rings. The van der Waals surface area contributed by atoms with E-state index >= 15 is 0 Å². The van der Waals surface area contributed by atoms with Crippen molar-refractivity contribution >= 4 is 17.7 Å². The molecule has 0 radical (unpaired) electrons. The van der Waals surface area contributed by atoms with Gasteiger partial charge in [0.1, 0.15) is 5.56 Å². The monoisotopic (exact) mass is 591 g/mol. The molecule has 2 aliphatic rings. The molecule has 1 amide bonds. The highest BCUT2D eigenvalue weighted by Crippen LogP contribution is 2.41. The van der Waals surface area contributed by atoms with Crippen LogP contribution in [0.5, 0.6) is 0 Å². The van der Waals surface area contributed by atoms with E-state index in [1.165, 1.54) is 28.5 Å². The number of aromatic nitrogens is 3. The zero-order valence-electron chi connectivity index (χ0n) is 25.3. The predicted octanol–water partition coefficient (Wildman–Crippen LogP) is 7.20. The molecule has 9 heteroatoms.